The highest BCUT2D eigenvalue weighted by atomic mass is 15.3. The normalized spacial score (nSPS) is 10.4. The number of pyridine rings is 1. The van der Waals surface area contributed by atoms with Gasteiger partial charge in [-0.15, -0.1) is 0 Å². The molecule has 2 heterocycles. The van der Waals surface area contributed by atoms with Crippen molar-refractivity contribution in [3.63, 3.8) is 0 Å². The first-order valence-corrected chi connectivity index (χ1v) is 4.40. The molecule has 0 saturated heterocycles. The molecular weight excluding hydrogens is 176 g/mol. The summed E-state index contributed by atoms with van der Waals surface area (Å²) in [6, 6.07) is 5.74. The Morgan fingerprint density at radius 2 is 2.14 bits per heavy atom. The van der Waals surface area contributed by atoms with Gasteiger partial charge in [-0.3, -0.25) is 9.67 Å². The second-order valence-corrected chi connectivity index (χ2v) is 3.20. The standard InChI is InChI=1S/C10H12N4/c1-7-9(13-14(2)10(7)11)8-5-3-4-6-12-8/h3-6H,11H2,1-2H3. The summed E-state index contributed by atoms with van der Waals surface area (Å²) >= 11 is 0. The van der Waals surface area contributed by atoms with E-state index < -0.39 is 0 Å². The molecule has 4 nitrogen and oxygen atoms in total. The number of hydrogen-bond donors (Lipinski definition) is 1. The highest BCUT2D eigenvalue weighted by Gasteiger charge is 2.11. The molecule has 0 atom stereocenters. The van der Waals surface area contributed by atoms with E-state index in [-0.39, 0.29) is 0 Å². The van der Waals surface area contributed by atoms with Gasteiger partial charge in [0, 0.05) is 18.8 Å². The maximum absolute atomic E-state index is 5.81. The first kappa shape index (κ1) is 8.74. The first-order chi connectivity index (χ1) is 6.70. The summed E-state index contributed by atoms with van der Waals surface area (Å²) in [6.45, 7) is 1.95. The largest absolute Gasteiger partial charge is 0.384 e. The van der Waals surface area contributed by atoms with Crippen molar-refractivity contribution >= 4 is 5.82 Å². The van der Waals surface area contributed by atoms with Crippen LogP contribution in [0.2, 0.25) is 0 Å². The average molecular weight is 188 g/mol. The maximum Gasteiger partial charge on any atom is 0.124 e. The van der Waals surface area contributed by atoms with Gasteiger partial charge in [0.15, 0.2) is 0 Å². The topological polar surface area (TPSA) is 56.7 Å². The molecule has 0 fully saturated rings. The van der Waals surface area contributed by atoms with Crippen molar-refractivity contribution in [2.45, 2.75) is 6.92 Å². The second kappa shape index (κ2) is 3.14. The SMILES string of the molecule is Cc1c(-c2ccccn2)nn(C)c1N. The molecule has 0 aliphatic heterocycles. The molecule has 0 unspecified atom stereocenters. The van der Waals surface area contributed by atoms with Crippen LogP contribution in [-0.4, -0.2) is 14.8 Å². The van der Waals surface area contributed by atoms with Gasteiger partial charge in [-0.1, -0.05) is 6.07 Å². The van der Waals surface area contributed by atoms with E-state index in [4.69, 9.17) is 5.73 Å². The van der Waals surface area contributed by atoms with Crippen molar-refractivity contribution in [1.29, 1.82) is 0 Å². The van der Waals surface area contributed by atoms with Gasteiger partial charge in [-0.05, 0) is 19.1 Å². The van der Waals surface area contributed by atoms with Gasteiger partial charge in [0.25, 0.3) is 0 Å². The smallest absolute Gasteiger partial charge is 0.124 e. The molecule has 4 heteroatoms. The Kier molecular flexibility index (Phi) is 1.96. The lowest BCUT2D eigenvalue weighted by atomic mass is 10.2. The van der Waals surface area contributed by atoms with Crippen LogP contribution in [-0.2, 0) is 7.05 Å². The molecule has 2 aromatic heterocycles. The van der Waals surface area contributed by atoms with Crippen LogP contribution >= 0.6 is 0 Å². The van der Waals surface area contributed by atoms with Crippen LogP contribution < -0.4 is 5.73 Å². The summed E-state index contributed by atoms with van der Waals surface area (Å²) in [5.41, 5.74) is 8.50. The van der Waals surface area contributed by atoms with Crippen LogP contribution in [0.15, 0.2) is 24.4 Å². The molecule has 0 aliphatic rings. The number of nitrogen functional groups attached to an aromatic ring is 1. The highest BCUT2D eigenvalue weighted by molar-refractivity contribution is 5.64. The predicted octanol–water partition coefficient (Wildman–Crippen LogP) is 1.37. The molecular formula is C10H12N4. The molecule has 0 saturated carbocycles. The van der Waals surface area contributed by atoms with Crippen molar-refractivity contribution in [3.8, 4) is 11.4 Å². The van der Waals surface area contributed by atoms with Gasteiger partial charge in [0.1, 0.15) is 11.5 Å². The van der Waals surface area contributed by atoms with Gasteiger partial charge in [-0.25, -0.2) is 0 Å². The van der Waals surface area contributed by atoms with E-state index in [1.54, 1.807) is 10.9 Å². The summed E-state index contributed by atoms with van der Waals surface area (Å²) in [6.07, 6.45) is 1.75. The summed E-state index contributed by atoms with van der Waals surface area (Å²) in [5, 5.41) is 4.31. The number of anilines is 1. The van der Waals surface area contributed by atoms with E-state index in [0.717, 1.165) is 17.0 Å². The number of rotatable bonds is 1. The van der Waals surface area contributed by atoms with Crippen molar-refractivity contribution < 1.29 is 0 Å². The summed E-state index contributed by atoms with van der Waals surface area (Å²) in [7, 11) is 1.83. The summed E-state index contributed by atoms with van der Waals surface area (Å²) < 4.78 is 1.67. The van der Waals surface area contributed by atoms with Crippen LogP contribution in [0, 0.1) is 6.92 Å². The zero-order valence-corrected chi connectivity index (χ0v) is 8.23. The molecule has 72 valence electrons. The average Bonchev–Trinajstić information content (AvgIpc) is 2.47. The quantitative estimate of drug-likeness (QED) is 0.735. The van der Waals surface area contributed by atoms with Crippen LogP contribution in [0.5, 0.6) is 0 Å². The minimum Gasteiger partial charge on any atom is -0.384 e. The first-order valence-electron chi connectivity index (χ1n) is 4.40. The Morgan fingerprint density at radius 1 is 1.36 bits per heavy atom. The Bertz CT molecular complexity index is 445. The van der Waals surface area contributed by atoms with Crippen LogP contribution in [0.3, 0.4) is 0 Å². The lowest BCUT2D eigenvalue weighted by molar-refractivity contribution is 0.781. The maximum atomic E-state index is 5.81. The van der Waals surface area contributed by atoms with Crippen LogP contribution in [0.25, 0.3) is 11.4 Å². The van der Waals surface area contributed by atoms with Crippen molar-refractivity contribution in [1.82, 2.24) is 14.8 Å². The molecule has 2 rings (SSSR count). The van der Waals surface area contributed by atoms with Crippen LogP contribution in [0.1, 0.15) is 5.56 Å². The van der Waals surface area contributed by atoms with E-state index in [2.05, 4.69) is 10.1 Å². The molecule has 0 spiro atoms. The fourth-order valence-corrected chi connectivity index (χ4v) is 1.39. The van der Waals surface area contributed by atoms with E-state index in [0.29, 0.717) is 5.82 Å². The Hall–Kier alpha value is -1.84. The van der Waals surface area contributed by atoms with Gasteiger partial charge in [0.2, 0.25) is 0 Å². The zero-order valence-electron chi connectivity index (χ0n) is 8.23. The van der Waals surface area contributed by atoms with Crippen molar-refractivity contribution in [2.24, 2.45) is 7.05 Å². The third-order valence-corrected chi connectivity index (χ3v) is 2.25. The highest BCUT2D eigenvalue weighted by Crippen LogP contribution is 2.23. The van der Waals surface area contributed by atoms with E-state index in [1.807, 2.05) is 32.2 Å². The lowest BCUT2D eigenvalue weighted by Crippen LogP contribution is -1.97. The number of aromatic nitrogens is 3. The molecule has 0 radical (unpaired) electrons. The third kappa shape index (κ3) is 1.25. The number of aryl methyl sites for hydroxylation is 1. The van der Waals surface area contributed by atoms with Crippen molar-refractivity contribution in [2.75, 3.05) is 5.73 Å². The van der Waals surface area contributed by atoms with Gasteiger partial charge in [0.05, 0.1) is 5.69 Å². The number of nitrogens with two attached hydrogens (primary N) is 1. The summed E-state index contributed by atoms with van der Waals surface area (Å²) in [5.74, 6) is 0.686. The Labute approximate surface area is 82.4 Å². The minimum absolute atomic E-state index is 0.686. The zero-order chi connectivity index (χ0) is 10.1. The molecule has 14 heavy (non-hydrogen) atoms. The molecule has 2 aromatic rings. The fraction of sp³-hybridized carbons (Fsp3) is 0.200. The molecule has 0 bridgehead atoms. The molecule has 0 aliphatic carbocycles. The fourth-order valence-electron chi connectivity index (χ4n) is 1.39. The number of hydrogen-bond acceptors (Lipinski definition) is 3. The molecule has 0 amide bonds. The van der Waals surface area contributed by atoms with Crippen LogP contribution in [0.4, 0.5) is 5.82 Å². The third-order valence-electron chi connectivity index (χ3n) is 2.25. The lowest BCUT2D eigenvalue weighted by Gasteiger charge is -1.95. The van der Waals surface area contributed by atoms with E-state index >= 15 is 0 Å². The van der Waals surface area contributed by atoms with E-state index in [1.165, 1.54) is 0 Å². The van der Waals surface area contributed by atoms with Gasteiger partial charge >= 0.3 is 0 Å². The second-order valence-electron chi connectivity index (χ2n) is 3.20. The monoisotopic (exact) mass is 188 g/mol. The molecule has 2 N–H and O–H groups in total. The number of nitrogens with zero attached hydrogens (tertiary/aromatic N) is 3. The van der Waals surface area contributed by atoms with Gasteiger partial charge in [-0.2, -0.15) is 5.10 Å². The molecule has 0 aromatic carbocycles. The predicted molar refractivity (Wildman–Crippen MR) is 55.6 cm³/mol. The van der Waals surface area contributed by atoms with E-state index in [9.17, 15) is 0 Å². The summed E-state index contributed by atoms with van der Waals surface area (Å²) in [4.78, 5) is 4.23. The minimum atomic E-state index is 0.686. The van der Waals surface area contributed by atoms with Crippen molar-refractivity contribution in [3.05, 3.63) is 30.0 Å². The Morgan fingerprint density at radius 3 is 2.64 bits per heavy atom. The van der Waals surface area contributed by atoms with Gasteiger partial charge < -0.3 is 5.73 Å². The Balaban J connectivity index is 2.58.